The third kappa shape index (κ3) is 4.48. The van der Waals surface area contributed by atoms with Crippen LogP contribution in [0.5, 0.6) is 0 Å². The van der Waals surface area contributed by atoms with E-state index >= 15 is 0 Å². The van der Waals surface area contributed by atoms with Gasteiger partial charge in [-0.1, -0.05) is 0 Å². The first-order chi connectivity index (χ1) is 9.26. The van der Waals surface area contributed by atoms with E-state index in [0.717, 1.165) is 13.1 Å². The van der Waals surface area contributed by atoms with Crippen molar-refractivity contribution in [2.75, 3.05) is 56.8 Å². The van der Waals surface area contributed by atoms with Crippen molar-refractivity contribution in [2.24, 2.45) is 0 Å². The minimum atomic E-state index is 0.0171. The molecule has 0 aliphatic heterocycles. The van der Waals surface area contributed by atoms with Crippen LogP contribution in [0.2, 0.25) is 0 Å². The molecule has 0 bridgehead atoms. The van der Waals surface area contributed by atoms with Gasteiger partial charge >= 0.3 is 0 Å². The fraction of sp³-hybridized carbons (Fsp3) is 0.769. The molecule has 1 aromatic rings. The van der Waals surface area contributed by atoms with Crippen molar-refractivity contribution >= 4 is 17.8 Å². The van der Waals surface area contributed by atoms with Gasteiger partial charge in [-0.2, -0.15) is 15.0 Å². The third-order valence-corrected chi connectivity index (χ3v) is 3.25. The van der Waals surface area contributed by atoms with Crippen LogP contribution in [-0.2, 0) is 0 Å². The Hall–Kier alpha value is -1.63. The van der Waals surface area contributed by atoms with Crippen molar-refractivity contribution in [2.45, 2.75) is 26.3 Å². The molecule has 114 valence electrons. The Morgan fingerprint density at radius 3 is 1.95 bits per heavy atom. The second-order valence-corrected chi connectivity index (χ2v) is 5.77. The van der Waals surface area contributed by atoms with Crippen LogP contribution >= 0.6 is 0 Å². The minimum Gasteiger partial charge on any atom is -0.354 e. The molecule has 1 rings (SSSR count). The zero-order valence-electron chi connectivity index (χ0n) is 13.7. The van der Waals surface area contributed by atoms with Gasteiger partial charge in [0.25, 0.3) is 0 Å². The molecule has 0 unspecified atom stereocenters. The van der Waals surface area contributed by atoms with Gasteiger partial charge in [-0.05, 0) is 34.9 Å². The summed E-state index contributed by atoms with van der Waals surface area (Å²) in [6.07, 6.45) is 0. The molecular formula is C13H27N7. The fourth-order valence-corrected chi connectivity index (χ4v) is 1.33. The lowest BCUT2D eigenvalue weighted by Gasteiger charge is -2.32. The summed E-state index contributed by atoms with van der Waals surface area (Å²) in [5, 5.41) is 6.41. The van der Waals surface area contributed by atoms with Crippen molar-refractivity contribution in [1.29, 1.82) is 0 Å². The van der Waals surface area contributed by atoms with Crippen LogP contribution < -0.4 is 15.5 Å². The summed E-state index contributed by atoms with van der Waals surface area (Å²) in [6.45, 7) is 7.88. The van der Waals surface area contributed by atoms with E-state index in [-0.39, 0.29) is 5.54 Å². The maximum absolute atomic E-state index is 4.41. The molecule has 20 heavy (non-hydrogen) atoms. The first-order valence-electron chi connectivity index (χ1n) is 6.85. The Morgan fingerprint density at radius 1 is 0.950 bits per heavy atom. The van der Waals surface area contributed by atoms with Crippen LogP contribution in [0.25, 0.3) is 0 Å². The standard InChI is InChI=1S/C13H27N7/c1-8-14-10-16-11(18-12(17-10)19(4)5)15-9-13(2,3)20(6)7/h8-9H2,1-7H3,(H2,14,15,16,17,18). The third-order valence-electron chi connectivity index (χ3n) is 3.25. The van der Waals surface area contributed by atoms with E-state index in [0.29, 0.717) is 17.8 Å². The number of aromatic nitrogens is 3. The Kier molecular flexibility index (Phi) is 5.50. The number of hydrogen-bond acceptors (Lipinski definition) is 7. The second kappa shape index (κ2) is 6.69. The van der Waals surface area contributed by atoms with Crippen LogP contribution in [0.15, 0.2) is 0 Å². The highest BCUT2D eigenvalue weighted by Crippen LogP contribution is 2.14. The molecule has 1 heterocycles. The lowest BCUT2D eigenvalue weighted by molar-refractivity contribution is 0.209. The molecule has 0 saturated heterocycles. The topological polar surface area (TPSA) is 69.2 Å². The number of hydrogen-bond donors (Lipinski definition) is 2. The molecular weight excluding hydrogens is 254 g/mol. The van der Waals surface area contributed by atoms with E-state index in [2.05, 4.69) is 58.4 Å². The van der Waals surface area contributed by atoms with Gasteiger partial charge in [-0.3, -0.25) is 0 Å². The van der Waals surface area contributed by atoms with Crippen LogP contribution in [-0.4, -0.2) is 66.7 Å². The SMILES string of the molecule is CCNc1nc(NCC(C)(C)N(C)C)nc(N(C)C)n1. The van der Waals surface area contributed by atoms with E-state index in [1.165, 1.54) is 0 Å². The van der Waals surface area contributed by atoms with Crippen molar-refractivity contribution in [3.8, 4) is 0 Å². The summed E-state index contributed by atoms with van der Waals surface area (Å²) in [6, 6.07) is 0. The van der Waals surface area contributed by atoms with Gasteiger partial charge in [0.05, 0.1) is 0 Å². The summed E-state index contributed by atoms with van der Waals surface area (Å²) in [5.41, 5.74) is 0.0171. The Balaban J connectivity index is 2.88. The average Bonchev–Trinajstić information content (AvgIpc) is 2.36. The van der Waals surface area contributed by atoms with E-state index in [1.54, 1.807) is 0 Å². The Labute approximate surface area is 121 Å². The van der Waals surface area contributed by atoms with E-state index in [4.69, 9.17) is 0 Å². The minimum absolute atomic E-state index is 0.0171. The number of nitrogens with zero attached hydrogens (tertiary/aromatic N) is 5. The summed E-state index contributed by atoms with van der Waals surface area (Å²) in [5.74, 6) is 1.83. The Morgan fingerprint density at radius 2 is 1.50 bits per heavy atom. The number of likely N-dealkylation sites (N-methyl/N-ethyl adjacent to an activating group) is 1. The second-order valence-electron chi connectivity index (χ2n) is 5.77. The summed E-state index contributed by atoms with van der Waals surface area (Å²) < 4.78 is 0. The van der Waals surface area contributed by atoms with Crippen molar-refractivity contribution in [3.05, 3.63) is 0 Å². The first-order valence-corrected chi connectivity index (χ1v) is 6.85. The predicted octanol–water partition coefficient (Wildman–Crippen LogP) is 1.12. The highest BCUT2D eigenvalue weighted by atomic mass is 15.3. The average molecular weight is 281 g/mol. The zero-order valence-corrected chi connectivity index (χ0v) is 13.7. The van der Waals surface area contributed by atoms with Gasteiger partial charge in [0.1, 0.15) is 0 Å². The van der Waals surface area contributed by atoms with Crippen molar-refractivity contribution in [1.82, 2.24) is 19.9 Å². The zero-order chi connectivity index (χ0) is 15.3. The van der Waals surface area contributed by atoms with Crippen molar-refractivity contribution < 1.29 is 0 Å². The summed E-state index contributed by atoms with van der Waals surface area (Å²) in [7, 11) is 7.95. The molecule has 0 atom stereocenters. The highest BCUT2D eigenvalue weighted by Gasteiger charge is 2.20. The first kappa shape index (κ1) is 16.4. The van der Waals surface area contributed by atoms with Gasteiger partial charge in [0.15, 0.2) is 0 Å². The van der Waals surface area contributed by atoms with E-state index < -0.39 is 0 Å². The molecule has 7 nitrogen and oxygen atoms in total. The largest absolute Gasteiger partial charge is 0.354 e. The van der Waals surface area contributed by atoms with Crippen molar-refractivity contribution in [3.63, 3.8) is 0 Å². The molecule has 0 amide bonds. The number of nitrogens with one attached hydrogen (secondary N) is 2. The molecule has 2 N–H and O–H groups in total. The fourth-order valence-electron chi connectivity index (χ4n) is 1.33. The van der Waals surface area contributed by atoms with Gasteiger partial charge in [0.2, 0.25) is 17.8 Å². The molecule has 0 fully saturated rings. The molecule has 1 aromatic heterocycles. The van der Waals surface area contributed by atoms with E-state index in [1.807, 2.05) is 25.9 Å². The van der Waals surface area contributed by atoms with Gasteiger partial charge < -0.3 is 20.4 Å². The van der Waals surface area contributed by atoms with Crippen LogP contribution in [0.4, 0.5) is 17.8 Å². The number of anilines is 3. The van der Waals surface area contributed by atoms with Crippen LogP contribution in [0.3, 0.4) is 0 Å². The maximum Gasteiger partial charge on any atom is 0.231 e. The highest BCUT2D eigenvalue weighted by molar-refractivity contribution is 5.43. The molecule has 0 radical (unpaired) electrons. The monoisotopic (exact) mass is 281 g/mol. The number of rotatable bonds is 7. The van der Waals surface area contributed by atoms with Gasteiger partial charge in [-0.25, -0.2) is 0 Å². The lowest BCUT2D eigenvalue weighted by atomic mass is 10.1. The molecule has 0 aliphatic rings. The van der Waals surface area contributed by atoms with Crippen LogP contribution in [0.1, 0.15) is 20.8 Å². The normalized spacial score (nSPS) is 11.6. The molecule has 0 aromatic carbocycles. The molecule has 0 spiro atoms. The molecule has 7 heteroatoms. The maximum atomic E-state index is 4.41. The van der Waals surface area contributed by atoms with E-state index in [9.17, 15) is 0 Å². The van der Waals surface area contributed by atoms with Crippen LogP contribution in [0, 0.1) is 0 Å². The summed E-state index contributed by atoms with van der Waals surface area (Å²) >= 11 is 0. The van der Waals surface area contributed by atoms with Gasteiger partial charge in [0, 0.05) is 32.7 Å². The smallest absolute Gasteiger partial charge is 0.231 e. The lowest BCUT2D eigenvalue weighted by Crippen LogP contribution is -2.44. The molecule has 0 aliphatic carbocycles. The predicted molar refractivity (Wildman–Crippen MR) is 84.6 cm³/mol. The quantitative estimate of drug-likeness (QED) is 0.776. The molecule has 0 saturated carbocycles. The Bertz CT molecular complexity index is 429. The summed E-state index contributed by atoms with van der Waals surface area (Å²) in [4.78, 5) is 17.2. The van der Waals surface area contributed by atoms with Gasteiger partial charge in [-0.15, -0.1) is 0 Å².